The monoisotopic (exact) mass is 234 g/mol. The van der Waals surface area contributed by atoms with E-state index in [2.05, 4.69) is 5.32 Å². The van der Waals surface area contributed by atoms with E-state index in [4.69, 9.17) is 4.42 Å². The molecule has 1 saturated carbocycles. The third-order valence-electron chi connectivity index (χ3n) is 3.52. The average Bonchev–Trinajstić information content (AvgIpc) is 2.97. The Balaban J connectivity index is 1.69. The van der Waals surface area contributed by atoms with Crippen LogP contribution in [0.2, 0.25) is 0 Å². The Morgan fingerprint density at radius 1 is 1.47 bits per heavy atom. The highest BCUT2D eigenvalue weighted by Gasteiger charge is 2.38. The molecular formula is C13H18N2O2. The quantitative estimate of drug-likeness (QED) is 0.854. The molecule has 1 aromatic heterocycles. The van der Waals surface area contributed by atoms with Crippen LogP contribution >= 0.6 is 0 Å². The maximum absolute atomic E-state index is 12.3. The first-order valence-corrected chi connectivity index (χ1v) is 6.30. The number of carbonyl (C=O) groups is 1. The van der Waals surface area contributed by atoms with Crippen LogP contribution in [-0.4, -0.2) is 29.9 Å². The van der Waals surface area contributed by atoms with Crippen molar-refractivity contribution in [2.24, 2.45) is 5.92 Å². The van der Waals surface area contributed by atoms with Crippen molar-refractivity contribution in [3.05, 3.63) is 23.7 Å². The molecule has 2 aliphatic rings. The molecule has 0 radical (unpaired) electrons. The molecule has 17 heavy (non-hydrogen) atoms. The third-order valence-corrected chi connectivity index (χ3v) is 3.52. The number of rotatable bonds is 4. The van der Waals surface area contributed by atoms with E-state index in [-0.39, 0.29) is 5.92 Å². The van der Waals surface area contributed by atoms with Gasteiger partial charge in [-0.05, 0) is 31.9 Å². The van der Waals surface area contributed by atoms with Crippen molar-refractivity contribution in [2.75, 3.05) is 13.1 Å². The molecular weight excluding hydrogens is 216 g/mol. The summed E-state index contributed by atoms with van der Waals surface area (Å²) in [6.07, 6.45) is 2.29. The zero-order valence-electron chi connectivity index (χ0n) is 10.1. The largest absolute Gasteiger partial charge is 0.464 e. The SMILES string of the molecule is Cc1ccc(CN(C(=O)C2CNC2)C2CC2)o1. The van der Waals surface area contributed by atoms with Crippen LogP contribution < -0.4 is 5.32 Å². The molecule has 92 valence electrons. The highest BCUT2D eigenvalue weighted by Crippen LogP contribution is 2.30. The van der Waals surface area contributed by atoms with Gasteiger partial charge in [0.05, 0.1) is 12.5 Å². The van der Waals surface area contributed by atoms with E-state index in [0.717, 1.165) is 37.5 Å². The smallest absolute Gasteiger partial charge is 0.228 e. The Kier molecular flexibility index (Phi) is 2.67. The highest BCUT2D eigenvalue weighted by molar-refractivity contribution is 5.80. The zero-order valence-corrected chi connectivity index (χ0v) is 10.1. The molecule has 0 spiro atoms. The third kappa shape index (κ3) is 2.22. The van der Waals surface area contributed by atoms with Gasteiger partial charge < -0.3 is 14.6 Å². The lowest BCUT2D eigenvalue weighted by Gasteiger charge is -2.32. The predicted octanol–water partition coefficient (Wildman–Crippen LogP) is 1.30. The van der Waals surface area contributed by atoms with Crippen molar-refractivity contribution in [3.8, 4) is 0 Å². The summed E-state index contributed by atoms with van der Waals surface area (Å²) < 4.78 is 5.56. The molecule has 0 atom stereocenters. The molecule has 1 saturated heterocycles. The van der Waals surface area contributed by atoms with E-state index < -0.39 is 0 Å². The minimum absolute atomic E-state index is 0.187. The first-order chi connectivity index (χ1) is 8.24. The number of carbonyl (C=O) groups excluding carboxylic acids is 1. The van der Waals surface area contributed by atoms with E-state index in [0.29, 0.717) is 18.5 Å². The molecule has 1 amide bonds. The minimum Gasteiger partial charge on any atom is -0.464 e. The van der Waals surface area contributed by atoms with Crippen LogP contribution in [0.25, 0.3) is 0 Å². The van der Waals surface area contributed by atoms with Gasteiger partial charge in [-0.3, -0.25) is 4.79 Å². The van der Waals surface area contributed by atoms with Gasteiger partial charge in [-0.15, -0.1) is 0 Å². The fraction of sp³-hybridized carbons (Fsp3) is 0.615. The molecule has 4 nitrogen and oxygen atoms in total. The van der Waals surface area contributed by atoms with Crippen LogP contribution in [0.5, 0.6) is 0 Å². The molecule has 1 aliphatic carbocycles. The Hall–Kier alpha value is -1.29. The van der Waals surface area contributed by atoms with Gasteiger partial charge in [0.2, 0.25) is 5.91 Å². The van der Waals surface area contributed by atoms with Crippen molar-refractivity contribution < 1.29 is 9.21 Å². The lowest BCUT2D eigenvalue weighted by molar-refractivity contribution is -0.138. The summed E-state index contributed by atoms with van der Waals surface area (Å²) in [5, 5.41) is 3.15. The maximum Gasteiger partial charge on any atom is 0.228 e. The summed E-state index contributed by atoms with van der Waals surface area (Å²) in [7, 11) is 0. The first-order valence-electron chi connectivity index (χ1n) is 6.30. The van der Waals surface area contributed by atoms with Crippen LogP contribution in [0.4, 0.5) is 0 Å². The van der Waals surface area contributed by atoms with E-state index >= 15 is 0 Å². The summed E-state index contributed by atoms with van der Waals surface area (Å²) in [6.45, 7) is 4.23. The Bertz CT molecular complexity index is 419. The Labute approximate surface area is 101 Å². The van der Waals surface area contributed by atoms with E-state index in [1.54, 1.807) is 0 Å². The number of hydrogen-bond donors (Lipinski definition) is 1. The number of amides is 1. The molecule has 4 heteroatoms. The lowest BCUT2D eigenvalue weighted by atomic mass is 10.0. The molecule has 2 fully saturated rings. The summed E-state index contributed by atoms with van der Waals surface area (Å²) in [5.74, 6) is 2.29. The van der Waals surface area contributed by atoms with Gasteiger partial charge >= 0.3 is 0 Å². The topological polar surface area (TPSA) is 45.5 Å². The molecule has 1 aliphatic heterocycles. The van der Waals surface area contributed by atoms with Crippen LogP contribution in [0.3, 0.4) is 0 Å². The fourth-order valence-corrected chi connectivity index (χ4v) is 2.21. The van der Waals surface area contributed by atoms with Gasteiger partial charge in [-0.1, -0.05) is 0 Å². The van der Waals surface area contributed by atoms with Gasteiger partial charge in [0.25, 0.3) is 0 Å². The predicted molar refractivity (Wildman–Crippen MR) is 63.4 cm³/mol. The van der Waals surface area contributed by atoms with Gasteiger partial charge in [0, 0.05) is 19.1 Å². The first kappa shape index (κ1) is 10.8. The molecule has 0 aromatic carbocycles. The molecule has 3 rings (SSSR count). The average molecular weight is 234 g/mol. The number of aryl methyl sites for hydroxylation is 1. The van der Waals surface area contributed by atoms with Gasteiger partial charge in [-0.25, -0.2) is 0 Å². The lowest BCUT2D eigenvalue weighted by Crippen LogP contribution is -2.52. The molecule has 2 heterocycles. The highest BCUT2D eigenvalue weighted by atomic mass is 16.3. The summed E-state index contributed by atoms with van der Waals surface area (Å²) in [6, 6.07) is 4.38. The summed E-state index contributed by atoms with van der Waals surface area (Å²) in [5.41, 5.74) is 0. The van der Waals surface area contributed by atoms with Crippen molar-refractivity contribution >= 4 is 5.91 Å². The number of hydrogen-bond acceptors (Lipinski definition) is 3. The molecule has 0 bridgehead atoms. The molecule has 1 N–H and O–H groups in total. The van der Waals surface area contributed by atoms with Gasteiger partial charge in [-0.2, -0.15) is 0 Å². The van der Waals surface area contributed by atoms with E-state index in [9.17, 15) is 4.79 Å². The van der Waals surface area contributed by atoms with Crippen molar-refractivity contribution in [1.29, 1.82) is 0 Å². The Morgan fingerprint density at radius 2 is 2.24 bits per heavy atom. The normalized spacial score (nSPS) is 20.1. The second-order valence-corrected chi connectivity index (χ2v) is 5.06. The van der Waals surface area contributed by atoms with E-state index in [1.165, 1.54) is 0 Å². The van der Waals surface area contributed by atoms with Crippen LogP contribution in [-0.2, 0) is 11.3 Å². The number of furan rings is 1. The van der Waals surface area contributed by atoms with Crippen LogP contribution in [0.1, 0.15) is 24.4 Å². The van der Waals surface area contributed by atoms with Gasteiger partial charge in [0.1, 0.15) is 11.5 Å². The summed E-state index contributed by atoms with van der Waals surface area (Å²) >= 11 is 0. The number of nitrogens with one attached hydrogen (secondary N) is 1. The van der Waals surface area contributed by atoms with Crippen molar-refractivity contribution in [1.82, 2.24) is 10.2 Å². The second kappa shape index (κ2) is 4.18. The zero-order chi connectivity index (χ0) is 11.8. The summed E-state index contributed by atoms with van der Waals surface area (Å²) in [4.78, 5) is 14.3. The minimum atomic E-state index is 0.187. The maximum atomic E-state index is 12.3. The Morgan fingerprint density at radius 3 is 2.71 bits per heavy atom. The number of nitrogens with zero attached hydrogens (tertiary/aromatic N) is 1. The standard InChI is InChI=1S/C13H18N2O2/c1-9-2-5-12(17-9)8-15(11-3-4-11)13(16)10-6-14-7-10/h2,5,10-11,14H,3-4,6-8H2,1H3. The molecule has 1 aromatic rings. The van der Waals surface area contributed by atoms with Crippen LogP contribution in [0.15, 0.2) is 16.5 Å². The van der Waals surface area contributed by atoms with Crippen LogP contribution in [0, 0.1) is 12.8 Å². The second-order valence-electron chi connectivity index (χ2n) is 5.06. The molecule has 0 unspecified atom stereocenters. The van der Waals surface area contributed by atoms with Crippen molar-refractivity contribution in [3.63, 3.8) is 0 Å². The fourth-order valence-electron chi connectivity index (χ4n) is 2.21. The van der Waals surface area contributed by atoms with Gasteiger partial charge in [0.15, 0.2) is 0 Å². The van der Waals surface area contributed by atoms with Crippen molar-refractivity contribution in [2.45, 2.75) is 32.4 Å². The van der Waals surface area contributed by atoms with E-state index in [1.807, 2.05) is 24.0 Å².